The fraction of sp³-hybridized carbons (Fsp3) is 0.308. The van der Waals surface area contributed by atoms with Crippen LogP contribution in [0.3, 0.4) is 0 Å². The van der Waals surface area contributed by atoms with Crippen LogP contribution in [0.2, 0.25) is 5.02 Å². The van der Waals surface area contributed by atoms with Crippen molar-refractivity contribution in [2.45, 2.75) is 19.3 Å². The summed E-state index contributed by atoms with van der Waals surface area (Å²) in [7, 11) is 0. The molecule has 3 amide bonds. The van der Waals surface area contributed by atoms with Crippen LogP contribution in [-0.4, -0.2) is 29.6 Å². The third-order valence-electron chi connectivity index (χ3n) is 2.60. The predicted molar refractivity (Wildman–Crippen MR) is 78.5 cm³/mol. The second-order valence-corrected chi connectivity index (χ2v) is 4.71. The number of urea groups is 1. The van der Waals surface area contributed by atoms with E-state index < -0.39 is 12.0 Å². The van der Waals surface area contributed by atoms with Gasteiger partial charge in [0.2, 0.25) is 5.91 Å². The van der Waals surface area contributed by atoms with Crippen molar-refractivity contribution < 1.29 is 19.5 Å². The van der Waals surface area contributed by atoms with E-state index in [1.807, 2.05) is 0 Å². The number of anilines is 1. The first-order chi connectivity index (χ1) is 9.90. The fourth-order valence-electron chi connectivity index (χ4n) is 1.55. The number of nitrogens with two attached hydrogens (primary N) is 1. The van der Waals surface area contributed by atoms with Crippen molar-refractivity contribution in [1.82, 2.24) is 5.32 Å². The van der Waals surface area contributed by atoms with Gasteiger partial charge in [0.25, 0.3) is 0 Å². The maximum absolute atomic E-state index is 11.6. The lowest BCUT2D eigenvalue weighted by Gasteiger charge is -2.09. The number of benzene rings is 1. The highest BCUT2D eigenvalue weighted by atomic mass is 35.5. The van der Waals surface area contributed by atoms with Crippen LogP contribution in [0, 0.1) is 0 Å². The Bertz CT molecular complexity index is 548. The lowest BCUT2D eigenvalue weighted by atomic mass is 10.2. The normalized spacial score (nSPS) is 9.95. The van der Waals surface area contributed by atoms with E-state index in [2.05, 4.69) is 10.6 Å². The van der Waals surface area contributed by atoms with E-state index >= 15 is 0 Å². The SMILES string of the molecule is NC(=O)CCCCNC(=O)Nc1cc(C(=O)O)ccc1Cl. The first kappa shape index (κ1) is 16.8. The molecule has 0 atom stereocenters. The molecule has 0 fully saturated rings. The Labute approximate surface area is 126 Å². The minimum atomic E-state index is -1.11. The Hall–Kier alpha value is -2.28. The van der Waals surface area contributed by atoms with Crippen LogP contribution in [-0.2, 0) is 4.79 Å². The predicted octanol–water partition coefficient (Wildman–Crippen LogP) is 1.82. The molecule has 0 bridgehead atoms. The molecule has 114 valence electrons. The maximum atomic E-state index is 11.6. The highest BCUT2D eigenvalue weighted by molar-refractivity contribution is 6.33. The molecular weight excluding hydrogens is 298 g/mol. The number of carbonyl (C=O) groups excluding carboxylic acids is 2. The Morgan fingerprint density at radius 3 is 2.57 bits per heavy atom. The van der Waals surface area contributed by atoms with Crippen molar-refractivity contribution in [3.05, 3.63) is 28.8 Å². The van der Waals surface area contributed by atoms with Crippen LogP contribution in [0.15, 0.2) is 18.2 Å². The summed E-state index contributed by atoms with van der Waals surface area (Å²) >= 11 is 5.88. The van der Waals surface area contributed by atoms with Gasteiger partial charge in [0, 0.05) is 13.0 Å². The monoisotopic (exact) mass is 313 g/mol. The number of halogens is 1. The summed E-state index contributed by atoms with van der Waals surface area (Å²) in [5, 5.41) is 14.2. The van der Waals surface area contributed by atoms with Crippen molar-refractivity contribution in [2.75, 3.05) is 11.9 Å². The maximum Gasteiger partial charge on any atom is 0.335 e. The van der Waals surface area contributed by atoms with Crippen molar-refractivity contribution in [1.29, 1.82) is 0 Å². The number of hydrogen-bond donors (Lipinski definition) is 4. The van der Waals surface area contributed by atoms with E-state index in [-0.39, 0.29) is 28.6 Å². The molecule has 0 aliphatic rings. The van der Waals surface area contributed by atoms with Gasteiger partial charge < -0.3 is 21.5 Å². The van der Waals surface area contributed by atoms with E-state index in [9.17, 15) is 14.4 Å². The second-order valence-electron chi connectivity index (χ2n) is 4.30. The number of nitrogens with one attached hydrogen (secondary N) is 2. The molecule has 1 aromatic carbocycles. The van der Waals surface area contributed by atoms with Crippen LogP contribution in [0.4, 0.5) is 10.5 Å². The Morgan fingerprint density at radius 2 is 1.95 bits per heavy atom. The molecule has 5 N–H and O–H groups in total. The molecule has 0 heterocycles. The topological polar surface area (TPSA) is 122 Å². The van der Waals surface area contributed by atoms with Gasteiger partial charge in [0.15, 0.2) is 0 Å². The molecule has 8 heteroatoms. The summed E-state index contributed by atoms with van der Waals surface area (Å²) in [6, 6.07) is 3.51. The van der Waals surface area contributed by atoms with E-state index in [4.69, 9.17) is 22.4 Å². The van der Waals surface area contributed by atoms with Gasteiger partial charge in [0.1, 0.15) is 0 Å². The number of carboxylic acids is 1. The van der Waals surface area contributed by atoms with Crippen molar-refractivity contribution in [3.8, 4) is 0 Å². The minimum absolute atomic E-state index is 0.0242. The number of aromatic carboxylic acids is 1. The van der Waals surface area contributed by atoms with Crippen LogP contribution < -0.4 is 16.4 Å². The Balaban J connectivity index is 2.45. The molecule has 0 saturated heterocycles. The lowest BCUT2D eigenvalue weighted by Crippen LogP contribution is -2.29. The molecule has 0 radical (unpaired) electrons. The fourth-order valence-corrected chi connectivity index (χ4v) is 1.71. The summed E-state index contributed by atoms with van der Waals surface area (Å²) < 4.78 is 0. The van der Waals surface area contributed by atoms with E-state index in [0.29, 0.717) is 19.4 Å². The molecule has 1 rings (SSSR count). The van der Waals surface area contributed by atoms with Gasteiger partial charge in [0.05, 0.1) is 16.3 Å². The number of amides is 3. The number of carboxylic acid groups (broad SMARTS) is 1. The van der Waals surface area contributed by atoms with Gasteiger partial charge in [-0.3, -0.25) is 4.79 Å². The molecule has 7 nitrogen and oxygen atoms in total. The highest BCUT2D eigenvalue weighted by Gasteiger charge is 2.09. The van der Waals surface area contributed by atoms with Crippen LogP contribution >= 0.6 is 11.6 Å². The number of unbranched alkanes of at least 4 members (excludes halogenated alkanes) is 1. The zero-order chi connectivity index (χ0) is 15.8. The van der Waals surface area contributed by atoms with Gasteiger partial charge in [-0.2, -0.15) is 0 Å². The van der Waals surface area contributed by atoms with Crippen molar-refractivity contribution >= 4 is 35.2 Å². The molecule has 0 spiro atoms. The molecule has 0 aliphatic carbocycles. The summed E-state index contributed by atoms with van der Waals surface area (Å²) in [6.07, 6.45) is 1.47. The number of primary amides is 1. The zero-order valence-electron chi connectivity index (χ0n) is 11.2. The van der Waals surface area contributed by atoms with Crippen LogP contribution in [0.5, 0.6) is 0 Å². The Kier molecular flexibility index (Phi) is 6.48. The van der Waals surface area contributed by atoms with Gasteiger partial charge in [-0.15, -0.1) is 0 Å². The molecule has 0 aromatic heterocycles. The van der Waals surface area contributed by atoms with E-state index in [0.717, 1.165) is 0 Å². The zero-order valence-corrected chi connectivity index (χ0v) is 11.9. The third-order valence-corrected chi connectivity index (χ3v) is 2.93. The minimum Gasteiger partial charge on any atom is -0.478 e. The molecule has 0 aliphatic heterocycles. The molecular formula is C13H16ClN3O4. The molecule has 1 aromatic rings. The smallest absolute Gasteiger partial charge is 0.335 e. The molecule has 0 saturated carbocycles. The second kappa shape index (κ2) is 8.11. The lowest BCUT2D eigenvalue weighted by molar-refractivity contribution is -0.118. The van der Waals surface area contributed by atoms with Crippen LogP contribution in [0.1, 0.15) is 29.6 Å². The average Bonchev–Trinajstić information content (AvgIpc) is 2.40. The first-order valence-electron chi connectivity index (χ1n) is 6.26. The van der Waals surface area contributed by atoms with Crippen LogP contribution in [0.25, 0.3) is 0 Å². The summed E-state index contributed by atoms with van der Waals surface area (Å²) in [5.41, 5.74) is 5.23. The van der Waals surface area contributed by atoms with Gasteiger partial charge in [-0.05, 0) is 31.0 Å². The number of carbonyl (C=O) groups is 3. The Morgan fingerprint density at radius 1 is 1.24 bits per heavy atom. The van der Waals surface area contributed by atoms with E-state index in [1.54, 1.807) is 0 Å². The van der Waals surface area contributed by atoms with Gasteiger partial charge >= 0.3 is 12.0 Å². The third kappa shape index (κ3) is 6.13. The summed E-state index contributed by atoms with van der Waals surface area (Å²) in [6.45, 7) is 0.370. The number of rotatable bonds is 7. The van der Waals surface area contributed by atoms with Crippen molar-refractivity contribution in [2.24, 2.45) is 5.73 Å². The quantitative estimate of drug-likeness (QED) is 0.573. The largest absolute Gasteiger partial charge is 0.478 e. The van der Waals surface area contributed by atoms with E-state index in [1.165, 1.54) is 18.2 Å². The number of hydrogen-bond acceptors (Lipinski definition) is 3. The molecule has 21 heavy (non-hydrogen) atoms. The van der Waals surface area contributed by atoms with Crippen molar-refractivity contribution in [3.63, 3.8) is 0 Å². The van der Waals surface area contributed by atoms with Gasteiger partial charge in [-0.25, -0.2) is 9.59 Å². The first-order valence-corrected chi connectivity index (χ1v) is 6.64. The standard InChI is InChI=1S/C13H16ClN3O4/c14-9-5-4-8(12(19)20)7-10(9)17-13(21)16-6-2-1-3-11(15)18/h4-5,7H,1-3,6H2,(H2,15,18)(H,19,20)(H2,16,17,21). The summed E-state index contributed by atoms with van der Waals surface area (Å²) in [5.74, 6) is -1.49. The van der Waals surface area contributed by atoms with Gasteiger partial charge in [-0.1, -0.05) is 11.6 Å². The molecule has 0 unspecified atom stereocenters. The summed E-state index contributed by atoms with van der Waals surface area (Å²) in [4.78, 5) is 33.0. The highest BCUT2D eigenvalue weighted by Crippen LogP contribution is 2.22. The average molecular weight is 314 g/mol.